The number of methoxy groups -OCH3 is 2. The van der Waals surface area contributed by atoms with E-state index in [1.165, 1.54) is 0 Å². The summed E-state index contributed by atoms with van der Waals surface area (Å²) < 4.78 is 10.4. The van der Waals surface area contributed by atoms with Crippen molar-refractivity contribution >= 4 is 5.91 Å². The quantitative estimate of drug-likeness (QED) is 0.842. The molecule has 2 N–H and O–H groups in total. The molecule has 106 valence electrons. The van der Waals surface area contributed by atoms with Crippen LogP contribution in [0.4, 0.5) is 0 Å². The third kappa shape index (κ3) is 3.86. The fourth-order valence-electron chi connectivity index (χ4n) is 1.81. The minimum Gasteiger partial charge on any atom is -0.493 e. The lowest BCUT2D eigenvalue weighted by atomic mass is 10.1. The molecule has 5 nitrogen and oxygen atoms in total. The number of amides is 1. The SMILES string of the molecule is COc1ccc(CN(C)C(=O)C(C)CN)cc1OC. The van der Waals surface area contributed by atoms with Crippen molar-refractivity contribution in [2.45, 2.75) is 13.5 Å². The molecule has 0 aliphatic carbocycles. The molecule has 1 aromatic rings. The zero-order valence-corrected chi connectivity index (χ0v) is 12.0. The summed E-state index contributed by atoms with van der Waals surface area (Å²) in [7, 11) is 4.95. The minimum absolute atomic E-state index is 0.0392. The van der Waals surface area contributed by atoms with Crippen molar-refractivity contribution < 1.29 is 14.3 Å². The summed E-state index contributed by atoms with van der Waals surface area (Å²) in [6, 6.07) is 5.62. The molecule has 0 fully saturated rings. The van der Waals surface area contributed by atoms with Gasteiger partial charge in [-0.1, -0.05) is 13.0 Å². The van der Waals surface area contributed by atoms with Gasteiger partial charge in [-0.05, 0) is 17.7 Å². The van der Waals surface area contributed by atoms with Crippen molar-refractivity contribution in [1.82, 2.24) is 4.90 Å². The standard InChI is InChI=1S/C14H22N2O3/c1-10(8-15)14(17)16(2)9-11-5-6-12(18-3)13(7-11)19-4/h5-7,10H,8-9,15H2,1-4H3. The molecule has 0 bridgehead atoms. The smallest absolute Gasteiger partial charge is 0.226 e. The Kier molecular flexibility index (Phi) is 5.63. The van der Waals surface area contributed by atoms with E-state index in [0.29, 0.717) is 24.6 Å². The fraction of sp³-hybridized carbons (Fsp3) is 0.500. The van der Waals surface area contributed by atoms with Gasteiger partial charge in [0, 0.05) is 26.1 Å². The Bertz CT molecular complexity index is 435. The molecule has 0 heterocycles. The number of benzene rings is 1. The van der Waals surface area contributed by atoms with Gasteiger partial charge in [0.25, 0.3) is 0 Å². The highest BCUT2D eigenvalue weighted by Gasteiger charge is 2.16. The first-order valence-corrected chi connectivity index (χ1v) is 6.19. The Morgan fingerprint density at radius 2 is 1.95 bits per heavy atom. The van der Waals surface area contributed by atoms with Crippen LogP contribution in [0.15, 0.2) is 18.2 Å². The molecule has 0 aliphatic rings. The molecule has 1 amide bonds. The van der Waals surface area contributed by atoms with Crippen LogP contribution in [0.25, 0.3) is 0 Å². The number of ether oxygens (including phenoxy) is 2. The number of nitrogens with two attached hydrogens (primary N) is 1. The van der Waals surface area contributed by atoms with Gasteiger partial charge in [-0.2, -0.15) is 0 Å². The minimum atomic E-state index is -0.162. The monoisotopic (exact) mass is 266 g/mol. The topological polar surface area (TPSA) is 64.8 Å². The van der Waals surface area contributed by atoms with Crippen molar-refractivity contribution in [3.63, 3.8) is 0 Å². The van der Waals surface area contributed by atoms with Crippen molar-refractivity contribution in [3.05, 3.63) is 23.8 Å². The molecule has 0 radical (unpaired) electrons. The predicted octanol–water partition coefficient (Wildman–Crippen LogP) is 1.26. The lowest BCUT2D eigenvalue weighted by Gasteiger charge is -2.21. The average Bonchev–Trinajstić information content (AvgIpc) is 2.45. The maximum atomic E-state index is 11.9. The van der Waals surface area contributed by atoms with Gasteiger partial charge in [0.2, 0.25) is 5.91 Å². The van der Waals surface area contributed by atoms with E-state index in [0.717, 1.165) is 5.56 Å². The van der Waals surface area contributed by atoms with Gasteiger partial charge in [0.05, 0.1) is 14.2 Å². The van der Waals surface area contributed by atoms with Crippen molar-refractivity contribution in [3.8, 4) is 11.5 Å². The fourth-order valence-corrected chi connectivity index (χ4v) is 1.81. The lowest BCUT2D eigenvalue weighted by molar-refractivity contribution is -0.133. The van der Waals surface area contributed by atoms with E-state index < -0.39 is 0 Å². The molecular weight excluding hydrogens is 244 g/mol. The Hall–Kier alpha value is -1.75. The van der Waals surface area contributed by atoms with Crippen LogP contribution in [0.5, 0.6) is 11.5 Å². The Morgan fingerprint density at radius 1 is 1.32 bits per heavy atom. The maximum Gasteiger partial charge on any atom is 0.226 e. The van der Waals surface area contributed by atoms with E-state index in [1.807, 2.05) is 25.1 Å². The molecule has 5 heteroatoms. The highest BCUT2D eigenvalue weighted by atomic mass is 16.5. The zero-order chi connectivity index (χ0) is 14.4. The molecule has 0 saturated heterocycles. The zero-order valence-electron chi connectivity index (χ0n) is 12.0. The summed E-state index contributed by atoms with van der Waals surface area (Å²) in [4.78, 5) is 13.6. The van der Waals surface area contributed by atoms with Crippen molar-refractivity contribution in [1.29, 1.82) is 0 Å². The number of carbonyl (C=O) groups excluding carboxylic acids is 1. The Morgan fingerprint density at radius 3 is 2.47 bits per heavy atom. The Balaban J connectivity index is 2.79. The van der Waals surface area contributed by atoms with Crippen molar-refractivity contribution in [2.75, 3.05) is 27.8 Å². The van der Waals surface area contributed by atoms with Gasteiger partial charge in [-0.25, -0.2) is 0 Å². The Labute approximate surface area is 114 Å². The predicted molar refractivity (Wildman–Crippen MR) is 74.2 cm³/mol. The van der Waals surface area contributed by atoms with Gasteiger partial charge in [-0.15, -0.1) is 0 Å². The number of nitrogens with zero attached hydrogens (tertiary/aromatic N) is 1. The second kappa shape index (κ2) is 6.99. The van der Waals surface area contributed by atoms with Crippen LogP contribution >= 0.6 is 0 Å². The molecule has 1 atom stereocenters. The molecule has 0 saturated carbocycles. The number of carbonyl (C=O) groups is 1. The van der Waals surface area contributed by atoms with E-state index in [4.69, 9.17) is 15.2 Å². The first-order chi connectivity index (χ1) is 9.03. The van der Waals surface area contributed by atoms with E-state index in [9.17, 15) is 4.79 Å². The molecule has 1 unspecified atom stereocenters. The summed E-state index contributed by atoms with van der Waals surface area (Å²) in [6.07, 6.45) is 0. The first-order valence-electron chi connectivity index (χ1n) is 6.19. The lowest BCUT2D eigenvalue weighted by Crippen LogP contribution is -2.34. The highest BCUT2D eigenvalue weighted by Crippen LogP contribution is 2.28. The van der Waals surface area contributed by atoms with Crippen LogP contribution < -0.4 is 15.2 Å². The third-order valence-electron chi connectivity index (χ3n) is 3.02. The average molecular weight is 266 g/mol. The molecule has 0 aliphatic heterocycles. The molecule has 1 aromatic carbocycles. The molecular formula is C14H22N2O3. The van der Waals surface area contributed by atoms with Crippen LogP contribution in [0.3, 0.4) is 0 Å². The van der Waals surface area contributed by atoms with Crippen LogP contribution in [0.1, 0.15) is 12.5 Å². The summed E-state index contributed by atoms with van der Waals surface area (Å²) in [5.74, 6) is 1.21. The normalized spacial score (nSPS) is 11.8. The van der Waals surface area contributed by atoms with E-state index in [2.05, 4.69) is 0 Å². The van der Waals surface area contributed by atoms with E-state index in [-0.39, 0.29) is 11.8 Å². The van der Waals surface area contributed by atoms with E-state index in [1.54, 1.807) is 26.2 Å². The summed E-state index contributed by atoms with van der Waals surface area (Å²) in [5, 5.41) is 0. The van der Waals surface area contributed by atoms with Gasteiger partial charge in [-0.3, -0.25) is 4.79 Å². The number of hydrogen-bond acceptors (Lipinski definition) is 4. The van der Waals surface area contributed by atoms with E-state index >= 15 is 0 Å². The van der Waals surface area contributed by atoms with Gasteiger partial charge >= 0.3 is 0 Å². The van der Waals surface area contributed by atoms with Gasteiger partial charge < -0.3 is 20.1 Å². The molecule has 0 spiro atoms. The summed E-state index contributed by atoms with van der Waals surface area (Å²) in [6.45, 7) is 2.70. The third-order valence-corrected chi connectivity index (χ3v) is 3.02. The van der Waals surface area contributed by atoms with Crippen LogP contribution in [0.2, 0.25) is 0 Å². The summed E-state index contributed by atoms with van der Waals surface area (Å²) in [5.41, 5.74) is 6.49. The molecule has 19 heavy (non-hydrogen) atoms. The first kappa shape index (κ1) is 15.3. The second-order valence-corrected chi connectivity index (χ2v) is 4.52. The van der Waals surface area contributed by atoms with Crippen LogP contribution in [-0.2, 0) is 11.3 Å². The van der Waals surface area contributed by atoms with Gasteiger partial charge in [0.15, 0.2) is 11.5 Å². The van der Waals surface area contributed by atoms with Crippen molar-refractivity contribution in [2.24, 2.45) is 11.7 Å². The molecule has 0 aromatic heterocycles. The number of hydrogen-bond donors (Lipinski definition) is 1. The van der Waals surface area contributed by atoms with Gasteiger partial charge in [0.1, 0.15) is 0 Å². The summed E-state index contributed by atoms with van der Waals surface area (Å²) >= 11 is 0. The second-order valence-electron chi connectivity index (χ2n) is 4.52. The largest absolute Gasteiger partial charge is 0.493 e. The van der Waals surface area contributed by atoms with Crippen LogP contribution in [-0.4, -0.2) is 38.6 Å². The number of rotatable bonds is 6. The maximum absolute atomic E-state index is 11.9. The highest BCUT2D eigenvalue weighted by molar-refractivity contribution is 5.78. The van der Waals surface area contributed by atoms with Crippen LogP contribution in [0, 0.1) is 5.92 Å². The molecule has 1 rings (SSSR count).